The van der Waals surface area contributed by atoms with E-state index < -0.39 is 0 Å². The van der Waals surface area contributed by atoms with Crippen molar-refractivity contribution in [3.63, 3.8) is 0 Å². The van der Waals surface area contributed by atoms with Gasteiger partial charge in [0.05, 0.1) is 30.3 Å². The van der Waals surface area contributed by atoms with Gasteiger partial charge in [0.25, 0.3) is 5.91 Å². The summed E-state index contributed by atoms with van der Waals surface area (Å²) in [6.45, 7) is 7.75. The molecule has 29 heavy (non-hydrogen) atoms. The minimum Gasteiger partial charge on any atom is -0.379 e. The summed E-state index contributed by atoms with van der Waals surface area (Å²) in [5, 5.41) is 4.06. The van der Waals surface area contributed by atoms with Crippen molar-refractivity contribution in [2.75, 3.05) is 32.8 Å². The van der Waals surface area contributed by atoms with Gasteiger partial charge in [0.1, 0.15) is 0 Å². The number of fused-ring (bicyclic) bond motifs is 1. The minimum atomic E-state index is -0.0583. The van der Waals surface area contributed by atoms with Gasteiger partial charge in [0, 0.05) is 30.7 Å². The Labute approximate surface area is 171 Å². The van der Waals surface area contributed by atoms with E-state index in [0.29, 0.717) is 12.1 Å². The molecule has 2 aromatic carbocycles. The van der Waals surface area contributed by atoms with E-state index in [9.17, 15) is 4.79 Å². The number of carbonyl (C=O) groups excluding carboxylic acids is 1. The first kappa shape index (κ1) is 19.6. The number of nitrogens with zero attached hydrogens (tertiary/aromatic N) is 2. The van der Waals surface area contributed by atoms with Gasteiger partial charge in [0.15, 0.2) is 0 Å². The summed E-state index contributed by atoms with van der Waals surface area (Å²) in [6, 6.07) is 18.4. The van der Waals surface area contributed by atoms with E-state index in [2.05, 4.69) is 46.4 Å². The van der Waals surface area contributed by atoms with Crippen molar-refractivity contribution in [3.8, 4) is 0 Å². The van der Waals surface area contributed by atoms with Crippen LogP contribution in [0.1, 0.15) is 33.2 Å². The van der Waals surface area contributed by atoms with Gasteiger partial charge in [0.2, 0.25) is 0 Å². The maximum Gasteiger partial charge on any atom is 0.252 e. The summed E-state index contributed by atoms with van der Waals surface area (Å²) in [5.74, 6) is -0.0583. The van der Waals surface area contributed by atoms with Crippen molar-refractivity contribution >= 4 is 16.8 Å². The van der Waals surface area contributed by atoms with Crippen LogP contribution in [0.25, 0.3) is 10.9 Å². The number of hydrogen-bond donors (Lipinski definition) is 1. The van der Waals surface area contributed by atoms with Crippen molar-refractivity contribution in [1.82, 2.24) is 15.2 Å². The predicted octanol–water partition coefficient (Wildman–Crippen LogP) is 3.65. The average molecular weight is 389 g/mol. The Balaban J connectivity index is 1.57. The number of aryl methyl sites for hydroxylation is 2. The zero-order valence-corrected chi connectivity index (χ0v) is 17.0. The van der Waals surface area contributed by atoms with Crippen LogP contribution in [-0.4, -0.2) is 48.6 Å². The first-order valence-electron chi connectivity index (χ1n) is 10.1. The molecule has 1 aliphatic rings. The summed E-state index contributed by atoms with van der Waals surface area (Å²) < 4.78 is 5.53. The Hall–Kier alpha value is -2.76. The van der Waals surface area contributed by atoms with Gasteiger partial charge >= 0.3 is 0 Å². The van der Waals surface area contributed by atoms with Gasteiger partial charge in [-0.25, -0.2) is 0 Å². The zero-order valence-electron chi connectivity index (χ0n) is 17.0. The fourth-order valence-corrected chi connectivity index (χ4v) is 3.92. The van der Waals surface area contributed by atoms with Crippen LogP contribution in [0.2, 0.25) is 0 Å². The van der Waals surface area contributed by atoms with Crippen molar-refractivity contribution in [1.29, 1.82) is 0 Å². The van der Waals surface area contributed by atoms with E-state index in [0.717, 1.165) is 42.9 Å². The van der Waals surface area contributed by atoms with Gasteiger partial charge in [-0.1, -0.05) is 48.0 Å². The lowest BCUT2D eigenvalue weighted by Gasteiger charge is -2.35. The van der Waals surface area contributed by atoms with Crippen molar-refractivity contribution < 1.29 is 9.53 Å². The molecule has 150 valence electrons. The minimum absolute atomic E-state index is 0.0583. The third-order valence-corrected chi connectivity index (χ3v) is 5.49. The second-order valence-electron chi connectivity index (χ2n) is 7.61. The highest BCUT2D eigenvalue weighted by atomic mass is 16.5. The summed E-state index contributed by atoms with van der Waals surface area (Å²) in [4.78, 5) is 20.0. The van der Waals surface area contributed by atoms with Gasteiger partial charge < -0.3 is 10.1 Å². The summed E-state index contributed by atoms with van der Waals surface area (Å²) in [7, 11) is 0. The second kappa shape index (κ2) is 8.72. The molecule has 1 aliphatic heterocycles. The molecule has 1 fully saturated rings. The molecule has 5 heteroatoms. The van der Waals surface area contributed by atoms with Gasteiger partial charge in [-0.15, -0.1) is 0 Å². The van der Waals surface area contributed by atoms with E-state index in [1.165, 1.54) is 11.1 Å². The SMILES string of the molecule is Cc1ccc([C@@H](CNC(=O)c2cc(C)nc3ccccc23)N2CCOCC2)cc1. The van der Waals surface area contributed by atoms with Crippen LogP contribution in [-0.2, 0) is 4.74 Å². The third-order valence-electron chi connectivity index (χ3n) is 5.49. The summed E-state index contributed by atoms with van der Waals surface area (Å²) in [6.07, 6.45) is 0. The Morgan fingerprint density at radius 1 is 1.10 bits per heavy atom. The molecule has 3 aromatic rings. The maximum absolute atomic E-state index is 13.1. The fraction of sp³-hybridized carbons (Fsp3) is 0.333. The molecule has 0 bridgehead atoms. The van der Waals surface area contributed by atoms with Crippen LogP contribution in [0, 0.1) is 13.8 Å². The Bertz CT molecular complexity index is 995. The van der Waals surface area contributed by atoms with E-state index in [1.54, 1.807) is 0 Å². The third kappa shape index (κ3) is 4.47. The van der Waals surface area contributed by atoms with Gasteiger partial charge in [-0.3, -0.25) is 14.7 Å². The molecule has 0 radical (unpaired) electrons. The van der Waals surface area contributed by atoms with E-state index >= 15 is 0 Å². The lowest BCUT2D eigenvalue weighted by atomic mass is 10.0. The lowest BCUT2D eigenvalue weighted by Crippen LogP contribution is -2.43. The number of benzene rings is 2. The first-order chi connectivity index (χ1) is 14.1. The standard InChI is InChI=1S/C24H27N3O2/c1-17-7-9-19(10-8-17)23(27-11-13-29-14-12-27)16-25-24(28)21-15-18(2)26-22-6-4-3-5-20(21)22/h3-10,15,23H,11-14,16H2,1-2H3,(H,25,28)/t23-/m1/s1. The molecule has 0 spiro atoms. The number of pyridine rings is 1. The molecule has 1 atom stereocenters. The molecule has 4 rings (SSSR count). The van der Waals surface area contributed by atoms with E-state index in [4.69, 9.17) is 4.74 Å². The molecule has 1 N–H and O–H groups in total. The molecule has 2 heterocycles. The number of carbonyl (C=O) groups is 1. The highest BCUT2D eigenvalue weighted by Crippen LogP contribution is 2.23. The number of morpholine rings is 1. The quantitative estimate of drug-likeness (QED) is 0.724. The van der Waals surface area contributed by atoms with Crippen LogP contribution in [0.15, 0.2) is 54.6 Å². The molecule has 1 saturated heterocycles. The molecule has 0 saturated carbocycles. The number of amides is 1. The highest BCUT2D eigenvalue weighted by Gasteiger charge is 2.23. The summed E-state index contributed by atoms with van der Waals surface area (Å²) >= 11 is 0. The molecule has 0 aliphatic carbocycles. The van der Waals surface area contributed by atoms with Crippen molar-refractivity contribution in [2.45, 2.75) is 19.9 Å². The smallest absolute Gasteiger partial charge is 0.252 e. The van der Waals surface area contributed by atoms with Crippen LogP contribution >= 0.6 is 0 Å². The van der Waals surface area contributed by atoms with Crippen LogP contribution in [0.3, 0.4) is 0 Å². The lowest BCUT2D eigenvalue weighted by molar-refractivity contribution is 0.0162. The molecule has 0 unspecified atom stereocenters. The molecular formula is C24H27N3O2. The van der Waals surface area contributed by atoms with Crippen molar-refractivity contribution in [3.05, 3.63) is 77.0 Å². The Morgan fingerprint density at radius 3 is 2.59 bits per heavy atom. The zero-order chi connectivity index (χ0) is 20.2. The summed E-state index contributed by atoms with van der Waals surface area (Å²) in [5.41, 5.74) is 4.82. The number of aromatic nitrogens is 1. The largest absolute Gasteiger partial charge is 0.379 e. The molecular weight excluding hydrogens is 362 g/mol. The topological polar surface area (TPSA) is 54.5 Å². The molecule has 1 aromatic heterocycles. The number of ether oxygens (including phenoxy) is 1. The fourth-order valence-electron chi connectivity index (χ4n) is 3.92. The molecule has 1 amide bonds. The van der Waals surface area contributed by atoms with Crippen LogP contribution in [0.4, 0.5) is 0 Å². The van der Waals surface area contributed by atoms with Gasteiger partial charge in [-0.2, -0.15) is 0 Å². The maximum atomic E-state index is 13.1. The van der Waals surface area contributed by atoms with Crippen LogP contribution in [0.5, 0.6) is 0 Å². The highest BCUT2D eigenvalue weighted by molar-refractivity contribution is 6.06. The average Bonchev–Trinajstić information content (AvgIpc) is 2.75. The second-order valence-corrected chi connectivity index (χ2v) is 7.61. The van der Waals surface area contributed by atoms with Gasteiger partial charge in [-0.05, 0) is 31.5 Å². The van der Waals surface area contributed by atoms with E-state index in [-0.39, 0.29) is 11.9 Å². The van der Waals surface area contributed by atoms with Crippen LogP contribution < -0.4 is 5.32 Å². The van der Waals surface area contributed by atoms with Crippen molar-refractivity contribution in [2.24, 2.45) is 0 Å². The normalized spacial score (nSPS) is 15.9. The number of nitrogens with one attached hydrogen (secondary N) is 1. The Morgan fingerprint density at radius 2 is 1.83 bits per heavy atom. The number of hydrogen-bond acceptors (Lipinski definition) is 4. The first-order valence-corrected chi connectivity index (χ1v) is 10.1. The predicted molar refractivity (Wildman–Crippen MR) is 115 cm³/mol. The monoisotopic (exact) mass is 389 g/mol. The number of para-hydroxylation sites is 1. The van der Waals surface area contributed by atoms with E-state index in [1.807, 2.05) is 37.3 Å². The number of rotatable bonds is 5. The Kier molecular flexibility index (Phi) is 5.88. The molecule has 5 nitrogen and oxygen atoms in total.